The number of hydrogen-bond donors (Lipinski definition) is 1. The van der Waals surface area contributed by atoms with Gasteiger partial charge in [0.2, 0.25) is 0 Å². The molecule has 0 bridgehead atoms. The van der Waals surface area contributed by atoms with E-state index in [4.69, 9.17) is 4.52 Å². The van der Waals surface area contributed by atoms with E-state index >= 15 is 0 Å². The van der Waals surface area contributed by atoms with Gasteiger partial charge in [0.1, 0.15) is 4.88 Å². The summed E-state index contributed by atoms with van der Waals surface area (Å²) >= 11 is 1.58. The highest BCUT2D eigenvalue weighted by Crippen LogP contribution is 2.28. The van der Waals surface area contributed by atoms with Gasteiger partial charge >= 0.3 is 0 Å². The lowest BCUT2D eigenvalue weighted by atomic mass is 10.1. The molecule has 0 radical (unpaired) electrons. The Labute approximate surface area is 128 Å². The van der Waals surface area contributed by atoms with Gasteiger partial charge in [-0.05, 0) is 13.3 Å². The fourth-order valence-corrected chi connectivity index (χ4v) is 3.37. The van der Waals surface area contributed by atoms with Crippen LogP contribution < -0.4 is 5.32 Å². The highest BCUT2D eigenvalue weighted by atomic mass is 32.1. The molecule has 0 aliphatic carbocycles. The number of nitrogens with one attached hydrogen (secondary N) is 1. The molecular weight excluding hydrogens is 286 g/mol. The van der Waals surface area contributed by atoms with E-state index in [1.54, 1.807) is 17.5 Å². The van der Waals surface area contributed by atoms with Gasteiger partial charge in [0.25, 0.3) is 5.89 Å². The fraction of sp³-hybridized carbons (Fsp3) is 0.643. The van der Waals surface area contributed by atoms with E-state index in [2.05, 4.69) is 32.3 Å². The number of piperazine rings is 1. The number of aryl methyl sites for hydroxylation is 1. The van der Waals surface area contributed by atoms with Crippen LogP contribution in [0.4, 0.5) is 0 Å². The number of nitrogens with zero attached hydrogens (tertiary/aromatic N) is 4. The van der Waals surface area contributed by atoms with E-state index in [9.17, 15) is 0 Å². The molecule has 1 atom stereocenters. The first-order chi connectivity index (χ1) is 10.3. The molecule has 1 N–H and O–H groups in total. The van der Waals surface area contributed by atoms with E-state index in [0.29, 0.717) is 5.89 Å². The summed E-state index contributed by atoms with van der Waals surface area (Å²) in [6, 6.07) is 0.253. The molecule has 7 heteroatoms. The molecule has 0 aromatic carbocycles. The minimum atomic E-state index is 0.253. The van der Waals surface area contributed by atoms with Gasteiger partial charge < -0.3 is 9.84 Å². The molecule has 1 aliphatic rings. The molecule has 21 heavy (non-hydrogen) atoms. The van der Waals surface area contributed by atoms with E-state index in [1.807, 2.05) is 6.92 Å². The zero-order chi connectivity index (χ0) is 14.7. The first kappa shape index (κ1) is 14.6. The van der Waals surface area contributed by atoms with Gasteiger partial charge in [0, 0.05) is 26.2 Å². The molecule has 3 heterocycles. The Balaban J connectivity index is 1.81. The molecule has 2 aromatic heterocycles. The van der Waals surface area contributed by atoms with E-state index < -0.39 is 0 Å². The Morgan fingerprint density at radius 2 is 2.24 bits per heavy atom. The average molecular weight is 307 g/mol. The van der Waals surface area contributed by atoms with Crippen LogP contribution in [-0.2, 0) is 0 Å². The molecule has 0 saturated carbocycles. The van der Waals surface area contributed by atoms with Crippen LogP contribution in [0.25, 0.3) is 10.8 Å². The molecule has 1 fully saturated rings. The summed E-state index contributed by atoms with van der Waals surface area (Å²) in [5, 5.41) is 8.62. The van der Waals surface area contributed by atoms with Crippen molar-refractivity contribution in [1.29, 1.82) is 0 Å². The Kier molecular flexibility index (Phi) is 4.62. The summed E-state index contributed by atoms with van der Waals surface area (Å²) in [6.07, 6.45) is 3.97. The minimum absolute atomic E-state index is 0.253. The van der Waals surface area contributed by atoms with E-state index in [0.717, 1.165) is 54.7 Å². The van der Waals surface area contributed by atoms with Crippen molar-refractivity contribution in [2.75, 3.05) is 26.2 Å². The van der Waals surface area contributed by atoms with Crippen molar-refractivity contribution in [2.45, 2.75) is 32.7 Å². The molecule has 1 aliphatic heterocycles. The first-order valence-electron chi connectivity index (χ1n) is 7.49. The summed E-state index contributed by atoms with van der Waals surface area (Å²) in [5.74, 6) is 1.40. The van der Waals surface area contributed by atoms with Crippen LogP contribution in [0.5, 0.6) is 0 Å². The Morgan fingerprint density at radius 1 is 1.43 bits per heavy atom. The minimum Gasteiger partial charge on any atom is -0.333 e. The van der Waals surface area contributed by atoms with Crippen molar-refractivity contribution in [1.82, 2.24) is 25.3 Å². The molecular formula is C14H21N5OS. The Bertz CT molecular complexity index is 575. The van der Waals surface area contributed by atoms with Crippen LogP contribution in [0, 0.1) is 6.92 Å². The summed E-state index contributed by atoms with van der Waals surface area (Å²) < 4.78 is 5.45. The molecule has 6 nitrogen and oxygen atoms in total. The van der Waals surface area contributed by atoms with Gasteiger partial charge in [0.05, 0.1) is 17.2 Å². The maximum absolute atomic E-state index is 5.45. The monoisotopic (exact) mass is 307 g/mol. The van der Waals surface area contributed by atoms with Gasteiger partial charge in [-0.1, -0.05) is 18.5 Å². The molecule has 114 valence electrons. The quantitative estimate of drug-likeness (QED) is 0.914. The Hall–Kier alpha value is -1.31. The molecule has 0 spiro atoms. The van der Waals surface area contributed by atoms with Gasteiger partial charge in [-0.15, -0.1) is 11.3 Å². The zero-order valence-electron chi connectivity index (χ0n) is 12.5. The second-order valence-corrected chi connectivity index (χ2v) is 6.53. The van der Waals surface area contributed by atoms with E-state index in [1.165, 1.54) is 0 Å². The normalized spacial score (nSPS) is 18.0. The lowest BCUT2D eigenvalue weighted by Crippen LogP contribution is -2.45. The number of rotatable bonds is 5. The second-order valence-electron chi connectivity index (χ2n) is 5.29. The first-order valence-corrected chi connectivity index (χ1v) is 8.30. The van der Waals surface area contributed by atoms with Crippen LogP contribution in [0.15, 0.2) is 10.7 Å². The highest BCUT2D eigenvalue weighted by molar-refractivity contribution is 7.14. The SMILES string of the molecule is CCCC(c1noc(-c2cnc(C)s2)n1)N1CCNCC1. The molecule has 0 amide bonds. The van der Waals surface area contributed by atoms with Crippen LogP contribution in [0.1, 0.15) is 36.6 Å². The van der Waals surface area contributed by atoms with Crippen LogP contribution in [0.2, 0.25) is 0 Å². The van der Waals surface area contributed by atoms with Crippen molar-refractivity contribution in [2.24, 2.45) is 0 Å². The Morgan fingerprint density at radius 3 is 2.90 bits per heavy atom. The average Bonchev–Trinajstić information content (AvgIpc) is 3.14. The van der Waals surface area contributed by atoms with Crippen LogP contribution in [0.3, 0.4) is 0 Å². The molecule has 2 aromatic rings. The summed E-state index contributed by atoms with van der Waals surface area (Å²) in [6.45, 7) is 8.30. The van der Waals surface area contributed by atoms with Gasteiger partial charge in [-0.25, -0.2) is 4.98 Å². The number of aromatic nitrogens is 3. The third kappa shape index (κ3) is 3.30. The van der Waals surface area contributed by atoms with Gasteiger partial charge in [-0.2, -0.15) is 4.98 Å². The number of thiazole rings is 1. The summed E-state index contributed by atoms with van der Waals surface area (Å²) in [4.78, 5) is 12.3. The second kappa shape index (κ2) is 6.64. The zero-order valence-corrected chi connectivity index (χ0v) is 13.3. The maximum atomic E-state index is 5.45. The molecule has 3 rings (SSSR count). The smallest absolute Gasteiger partial charge is 0.269 e. The number of hydrogen-bond acceptors (Lipinski definition) is 7. The molecule has 1 unspecified atom stereocenters. The summed E-state index contributed by atoms with van der Waals surface area (Å²) in [5.41, 5.74) is 0. The lowest BCUT2D eigenvalue weighted by Gasteiger charge is -2.33. The third-order valence-corrected chi connectivity index (χ3v) is 4.63. The predicted molar refractivity (Wildman–Crippen MR) is 82.2 cm³/mol. The topological polar surface area (TPSA) is 67.1 Å². The van der Waals surface area contributed by atoms with Crippen molar-refractivity contribution in [3.63, 3.8) is 0 Å². The van der Waals surface area contributed by atoms with Crippen molar-refractivity contribution in [3.05, 3.63) is 17.0 Å². The summed E-state index contributed by atoms with van der Waals surface area (Å²) in [7, 11) is 0. The van der Waals surface area contributed by atoms with Crippen molar-refractivity contribution >= 4 is 11.3 Å². The standard InChI is InChI=1S/C14H21N5OS/c1-3-4-11(19-7-5-15-6-8-19)13-17-14(20-18-13)12-9-16-10(2)21-12/h9,11,15H,3-8H2,1-2H3. The largest absolute Gasteiger partial charge is 0.333 e. The van der Waals surface area contributed by atoms with Crippen molar-refractivity contribution < 1.29 is 4.52 Å². The van der Waals surface area contributed by atoms with Gasteiger partial charge in [0.15, 0.2) is 5.82 Å². The van der Waals surface area contributed by atoms with Crippen molar-refractivity contribution in [3.8, 4) is 10.8 Å². The molecule has 1 saturated heterocycles. The van der Waals surface area contributed by atoms with E-state index in [-0.39, 0.29) is 6.04 Å². The fourth-order valence-electron chi connectivity index (χ4n) is 2.67. The maximum Gasteiger partial charge on any atom is 0.269 e. The lowest BCUT2D eigenvalue weighted by molar-refractivity contribution is 0.155. The van der Waals surface area contributed by atoms with Crippen LogP contribution in [-0.4, -0.2) is 46.2 Å². The predicted octanol–water partition coefficient (Wildman–Crippen LogP) is 2.25. The van der Waals surface area contributed by atoms with Gasteiger partial charge in [-0.3, -0.25) is 4.90 Å². The third-order valence-electron chi connectivity index (χ3n) is 3.73. The van der Waals surface area contributed by atoms with Crippen LogP contribution >= 0.6 is 11.3 Å². The highest BCUT2D eigenvalue weighted by Gasteiger charge is 2.26.